The van der Waals surface area contributed by atoms with Gasteiger partial charge in [0.1, 0.15) is 16.7 Å². The van der Waals surface area contributed by atoms with Gasteiger partial charge in [-0.3, -0.25) is 0 Å². The van der Waals surface area contributed by atoms with Gasteiger partial charge in [-0.25, -0.2) is 13.8 Å². The Bertz CT molecular complexity index is 674. The molecule has 2 aromatic rings. The zero-order valence-electron chi connectivity index (χ0n) is 9.22. The van der Waals surface area contributed by atoms with E-state index in [2.05, 4.69) is 15.0 Å². The highest BCUT2D eigenvalue weighted by Gasteiger charge is 2.11. The molecule has 1 heterocycles. The van der Waals surface area contributed by atoms with Crippen molar-refractivity contribution >= 4 is 17.3 Å². The van der Waals surface area contributed by atoms with Crippen molar-refractivity contribution in [3.05, 3.63) is 57.7 Å². The summed E-state index contributed by atoms with van der Waals surface area (Å²) >= 11 is 5.63. The Morgan fingerprint density at radius 3 is 2.74 bits per heavy atom. The van der Waals surface area contributed by atoms with Crippen molar-refractivity contribution in [2.75, 3.05) is 0 Å². The largest absolute Gasteiger partial charge is 0.454 e. The van der Waals surface area contributed by atoms with Gasteiger partial charge in [0.25, 0.3) is 0 Å². The standard InChI is InChI=1S/C11H5ClF2N4O/c12-11-3-6(1-2-16-11)19-10-5-7(13)9(17-18-15)4-8(10)14/h1-5H. The number of nitrogens with zero attached hydrogens (tertiary/aromatic N) is 4. The first kappa shape index (κ1) is 13.1. The van der Waals surface area contributed by atoms with E-state index < -0.39 is 17.3 Å². The fourth-order valence-corrected chi connectivity index (χ4v) is 1.46. The number of aromatic nitrogens is 1. The molecule has 0 atom stereocenters. The van der Waals surface area contributed by atoms with Crippen molar-refractivity contribution < 1.29 is 13.5 Å². The predicted octanol–water partition coefficient (Wildman–Crippen LogP) is 4.75. The molecule has 0 aliphatic heterocycles. The topological polar surface area (TPSA) is 70.9 Å². The summed E-state index contributed by atoms with van der Waals surface area (Å²) in [6, 6.07) is 4.31. The van der Waals surface area contributed by atoms with Gasteiger partial charge in [-0.1, -0.05) is 16.7 Å². The van der Waals surface area contributed by atoms with Crippen LogP contribution in [0.3, 0.4) is 0 Å². The van der Waals surface area contributed by atoms with Crippen molar-refractivity contribution in [3.8, 4) is 11.5 Å². The lowest BCUT2D eigenvalue weighted by Crippen LogP contribution is -1.90. The van der Waals surface area contributed by atoms with Crippen molar-refractivity contribution in [2.24, 2.45) is 5.11 Å². The third kappa shape index (κ3) is 3.09. The SMILES string of the molecule is [N-]=[N+]=Nc1cc(F)c(Oc2ccnc(Cl)c2)cc1F. The molecular formula is C11H5ClF2N4O. The molecular weight excluding hydrogens is 278 g/mol. The molecule has 0 radical (unpaired) electrons. The third-order valence-corrected chi connectivity index (χ3v) is 2.29. The molecule has 0 bridgehead atoms. The van der Waals surface area contributed by atoms with Crippen LogP contribution in [-0.4, -0.2) is 4.98 Å². The van der Waals surface area contributed by atoms with Crippen LogP contribution in [0.2, 0.25) is 5.15 Å². The second-order valence-electron chi connectivity index (χ2n) is 3.34. The first-order chi connectivity index (χ1) is 9.10. The summed E-state index contributed by atoms with van der Waals surface area (Å²) in [4.78, 5) is 6.11. The fraction of sp³-hybridized carbons (Fsp3) is 0. The highest BCUT2D eigenvalue weighted by molar-refractivity contribution is 6.29. The van der Waals surface area contributed by atoms with E-state index in [0.717, 1.165) is 12.1 Å². The number of rotatable bonds is 3. The summed E-state index contributed by atoms with van der Waals surface area (Å²) < 4.78 is 32.2. The molecule has 0 saturated carbocycles. The maximum atomic E-state index is 13.6. The van der Waals surface area contributed by atoms with Crippen LogP contribution in [0.25, 0.3) is 10.4 Å². The maximum absolute atomic E-state index is 13.6. The van der Waals surface area contributed by atoms with E-state index in [1.54, 1.807) is 0 Å². The first-order valence-corrected chi connectivity index (χ1v) is 5.31. The molecule has 0 N–H and O–H groups in total. The summed E-state index contributed by atoms with van der Waals surface area (Å²) in [5.41, 5.74) is 7.74. The number of pyridine rings is 1. The van der Waals surface area contributed by atoms with Crippen LogP contribution in [0.5, 0.6) is 11.5 Å². The van der Waals surface area contributed by atoms with Crippen molar-refractivity contribution in [2.45, 2.75) is 0 Å². The van der Waals surface area contributed by atoms with E-state index in [1.807, 2.05) is 0 Å². The zero-order valence-corrected chi connectivity index (χ0v) is 9.97. The van der Waals surface area contributed by atoms with Crippen LogP contribution in [0.4, 0.5) is 14.5 Å². The van der Waals surface area contributed by atoms with Crippen LogP contribution in [0, 0.1) is 11.6 Å². The summed E-state index contributed by atoms with van der Waals surface area (Å²) in [6.07, 6.45) is 1.36. The number of halogens is 3. The average Bonchev–Trinajstić information content (AvgIpc) is 2.36. The van der Waals surface area contributed by atoms with Gasteiger partial charge in [-0.15, -0.1) is 0 Å². The monoisotopic (exact) mass is 282 g/mol. The maximum Gasteiger partial charge on any atom is 0.166 e. The quantitative estimate of drug-likeness (QED) is 0.353. The van der Waals surface area contributed by atoms with Gasteiger partial charge in [0.05, 0.1) is 5.69 Å². The first-order valence-electron chi connectivity index (χ1n) is 4.93. The lowest BCUT2D eigenvalue weighted by molar-refractivity contribution is 0.436. The Balaban J connectivity index is 2.36. The molecule has 0 aliphatic carbocycles. The third-order valence-electron chi connectivity index (χ3n) is 2.08. The molecule has 5 nitrogen and oxygen atoms in total. The van der Waals surface area contributed by atoms with Gasteiger partial charge in [0.15, 0.2) is 11.6 Å². The molecule has 0 fully saturated rings. The van der Waals surface area contributed by atoms with Crippen molar-refractivity contribution in [3.63, 3.8) is 0 Å². The summed E-state index contributed by atoms with van der Waals surface area (Å²) in [7, 11) is 0. The van der Waals surface area contributed by atoms with Crippen LogP contribution in [-0.2, 0) is 0 Å². The van der Waals surface area contributed by atoms with Crippen LogP contribution in [0.1, 0.15) is 0 Å². The molecule has 2 rings (SSSR count). The van der Waals surface area contributed by atoms with E-state index in [0.29, 0.717) is 0 Å². The number of ether oxygens (including phenoxy) is 1. The lowest BCUT2D eigenvalue weighted by Gasteiger charge is -2.07. The number of hydrogen-bond acceptors (Lipinski definition) is 3. The number of azide groups is 1. The minimum absolute atomic E-state index is 0.157. The van der Waals surface area contributed by atoms with Crippen molar-refractivity contribution in [1.29, 1.82) is 0 Å². The van der Waals surface area contributed by atoms with Crippen LogP contribution < -0.4 is 4.74 Å². The Morgan fingerprint density at radius 2 is 2.05 bits per heavy atom. The fourth-order valence-electron chi connectivity index (χ4n) is 1.30. The molecule has 0 spiro atoms. The van der Waals surface area contributed by atoms with Gasteiger partial charge >= 0.3 is 0 Å². The minimum atomic E-state index is -0.894. The van der Waals surface area contributed by atoms with Gasteiger partial charge in [-0.05, 0) is 17.7 Å². The normalized spacial score (nSPS) is 9.84. The second-order valence-corrected chi connectivity index (χ2v) is 3.73. The molecule has 0 saturated heterocycles. The van der Waals surface area contributed by atoms with Gasteiger partial charge in [0.2, 0.25) is 0 Å². The summed E-state index contributed by atoms with van der Waals surface area (Å²) in [5.74, 6) is -1.91. The minimum Gasteiger partial charge on any atom is -0.454 e. The van der Waals surface area contributed by atoms with Crippen LogP contribution >= 0.6 is 11.6 Å². The number of benzene rings is 1. The van der Waals surface area contributed by atoms with Gasteiger partial charge in [0, 0.05) is 23.2 Å². The van der Waals surface area contributed by atoms with Gasteiger partial charge in [-0.2, -0.15) is 0 Å². The second kappa shape index (κ2) is 5.51. The molecule has 19 heavy (non-hydrogen) atoms. The molecule has 0 aliphatic rings. The highest BCUT2D eigenvalue weighted by atomic mass is 35.5. The average molecular weight is 283 g/mol. The molecule has 1 aromatic heterocycles. The molecule has 8 heteroatoms. The molecule has 0 amide bonds. The Labute approximate surface area is 111 Å². The predicted molar refractivity (Wildman–Crippen MR) is 64.5 cm³/mol. The molecule has 96 valence electrons. The van der Waals surface area contributed by atoms with Crippen LogP contribution in [0.15, 0.2) is 35.6 Å². The molecule has 0 unspecified atom stereocenters. The van der Waals surface area contributed by atoms with E-state index in [1.165, 1.54) is 18.3 Å². The summed E-state index contributed by atoms with van der Waals surface area (Å²) in [5, 5.41) is 3.16. The smallest absolute Gasteiger partial charge is 0.166 e. The Kier molecular flexibility index (Phi) is 3.79. The highest BCUT2D eigenvalue weighted by Crippen LogP contribution is 2.30. The zero-order chi connectivity index (χ0) is 13.8. The van der Waals surface area contributed by atoms with E-state index in [9.17, 15) is 8.78 Å². The van der Waals surface area contributed by atoms with E-state index >= 15 is 0 Å². The Morgan fingerprint density at radius 1 is 1.26 bits per heavy atom. The molecule has 1 aromatic carbocycles. The van der Waals surface area contributed by atoms with E-state index in [-0.39, 0.29) is 16.7 Å². The summed E-state index contributed by atoms with van der Waals surface area (Å²) in [6.45, 7) is 0. The number of hydrogen-bond donors (Lipinski definition) is 0. The van der Waals surface area contributed by atoms with Gasteiger partial charge < -0.3 is 4.74 Å². The lowest BCUT2D eigenvalue weighted by atomic mass is 10.3. The van der Waals surface area contributed by atoms with E-state index in [4.69, 9.17) is 21.9 Å². The van der Waals surface area contributed by atoms with Crippen molar-refractivity contribution in [1.82, 2.24) is 4.98 Å². The Hall–Kier alpha value is -2.37.